The average Bonchev–Trinajstić information content (AvgIpc) is 3.79. The predicted molar refractivity (Wildman–Crippen MR) is 236 cm³/mol. The van der Waals surface area contributed by atoms with Gasteiger partial charge in [-0.25, -0.2) is 0 Å². The minimum atomic E-state index is 0.0668. The molecule has 0 aliphatic heterocycles. The molecule has 0 bridgehead atoms. The van der Waals surface area contributed by atoms with Gasteiger partial charge >= 0.3 is 0 Å². The topological polar surface area (TPSA) is 96.1 Å². The first-order valence-corrected chi connectivity index (χ1v) is 18.5. The lowest BCUT2D eigenvalue weighted by molar-refractivity contribution is 0.478. The van der Waals surface area contributed by atoms with Gasteiger partial charge in [0.25, 0.3) is 0 Å². The molecule has 1 aliphatic rings. The fourth-order valence-electron chi connectivity index (χ4n) is 7.28. The number of benzene rings is 8. The van der Waals surface area contributed by atoms with Gasteiger partial charge in [0.05, 0.1) is 0 Å². The molecule has 0 spiro atoms. The van der Waals surface area contributed by atoms with Gasteiger partial charge in [0.2, 0.25) is 0 Å². The number of fused-ring (bicyclic) bond motifs is 6. The first-order chi connectivity index (χ1) is 27.4. The van der Waals surface area contributed by atoms with Crippen LogP contribution in [-0.2, 0) is 0 Å². The van der Waals surface area contributed by atoms with Crippen molar-refractivity contribution in [3.05, 3.63) is 192 Å². The summed E-state index contributed by atoms with van der Waals surface area (Å²) in [5, 5.41) is 17.7. The molecule has 0 fully saturated rings. The molecule has 0 unspecified atom stereocenters. The van der Waals surface area contributed by atoms with E-state index in [-0.39, 0.29) is 5.84 Å². The third kappa shape index (κ3) is 7.31. The summed E-state index contributed by atoms with van der Waals surface area (Å²) in [6.45, 7) is 8.80. The van der Waals surface area contributed by atoms with Crippen LogP contribution in [0.25, 0.3) is 66.1 Å². The van der Waals surface area contributed by atoms with E-state index in [9.17, 15) is 0 Å². The zero-order valence-corrected chi connectivity index (χ0v) is 31.8. The van der Waals surface area contributed by atoms with Crippen molar-refractivity contribution in [2.45, 2.75) is 20.8 Å². The number of hydrogen-bond donors (Lipinski definition) is 3. The Morgan fingerprint density at radius 1 is 0.554 bits per heavy atom. The highest BCUT2D eigenvalue weighted by Gasteiger charge is 2.24. The van der Waals surface area contributed by atoms with E-state index < -0.39 is 0 Å². The zero-order valence-electron chi connectivity index (χ0n) is 31.8. The minimum Gasteiger partial charge on any atom is -0.457 e. The van der Waals surface area contributed by atoms with E-state index >= 15 is 0 Å². The number of nitrogen functional groups attached to an aromatic ring is 1. The van der Waals surface area contributed by atoms with Crippen LogP contribution in [0.3, 0.4) is 0 Å². The third-order valence-electron chi connectivity index (χ3n) is 10.1. The van der Waals surface area contributed by atoms with Crippen LogP contribution in [0.5, 0.6) is 11.5 Å². The molecule has 0 radical (unpaired) electrons. The summed E-state index contributed by atoms with van der Waals surface area (Å²) in [4.78, 5) is 0. The van der Waals surface area contributed by atoms with Gasteiger partial charge in [0.15, 0.2) is 0 Å². The molecule has 9 aromatic rings. The Bertz CT molecular complexity index is 2810. The van der Waals surface area contributed by atoms with Gasteiger partial charge in [0, 0.05) is 16.3 Å². The molecule has 1 aliphatic carbocycles. The molecule has 1 aromatic heterocycles. The molecule has 0 saturated carbocycles. The highest BCUT2D eigenvalue weighted by atomic mass is 16.5. The van der Waals surface area contributed by atoms with Crippen LogP contribution >= 0.6 is 0 Å². The number of para-hydroxylation sites is 1. The SMILES string of the molecule is C=N.Cc1cccc(Oc2ccc(-c3cccc4c3-c3cccc5cccc-4c35)cc2)c1C.Cc1ccccc1.N=C(N)c1cccc2oc3ccccc3c12. The van der Waals surface area contributed by atoms with E-state index in [1.54, 1.807) is 0 Å². The van der Waals surface area contributed by atoms with Crippen molar-refractivity contribution in [3.63, 3.8) is 0 Å². The lowest BCUT2D eigenvalue weighted by Crippen LogP contribution is -2.10. The highest BCUT2D eigenvalue weighted by molar-refractivity contribution is 6.18. The van der Waals surface area contributed by atoms with Gasteiger partial charge in [-0.05, 0) is 113 Å². The zero-order chi connectivity index (χ0) is 39.2. The van der Waals surface area contributed by atoms with Gasteiger partial charge in [-0.15, -0.1) is 0 Å². The number of nitrogens with one attached hydrogen (secondary N) is 2. The predicted octanol–water partition coefficient (Wildman–Crippen LogP) is 13.7. The first-order valence-electron chi connectivity index (χ1n) is 18.5. The molecule has 10 rings (SSSR count). The van der Waals surface area contributed by atoms with Crippen LogP contribution in [0.4, 0.5) is 0 Å². The maximum absolute atomic E-state index is 7.57. The highest BCUT2D eigenvalue weighted by Crippen LogP contribution is 2.51. The Labute approximate surface area is 327 Å². The lowest BCUT2D eigenvalue weighted by atomic mass is 9.93. The normalized spacial score (nSPS) is 10.7. The molecule has 56 heavy (non-hydrogen) atoms. The molecule has 4 N–H and O–H groups in total. The molecular weight excluding hydrogens is 687 g/mol. The van der Waals surface area contributed by atoms with Crippen molar-refractivity contribution in [3.8, 4) is 44.9 Å². The molecule has 0 saturated heterocycles. The van der Waals surface area contributed by atoms with E-state index in [0.717, 1.165) is 39.0 Å². The summed E-state index contributed by atoms with van der Waals surface area (Å²) >= 11 is 0. The van der Waals surface area contributed by atoms with E-state index in [1.165, 1.54) is 60.8 Å². The van der Waals surface area contributed by atoms with Crippen LogP contribution in [0.1, 0.15) is 22.3 Å². The van der Waals surface area contributed by atoms with E-state index in [1.807, 2.05) is 72.8 Å². The van der Waals surface area contributed by atoms with Crippen LogP contribution in [0.15, 0.2) is 174 Å². The Morgan fingerprint density at radius 2 is 1.16 bits per heavy atom. The van der Waals surface area contributed by atoms with Gasteiger partial charge in [-0.2, -0.15) is 0 Å². The quantitative estimate of drug-likeness (QED) is 0.124. The largest absolute Gasteiger partial charge is 0.457 e. The molecule has 0 atom stereocenters. The van der Waals surface area contributed by atoms with Crippen LogP contribution in [0, 0.1) is 31.6 Å². The summed E-state index contributed by atoms with van der Waals surface area (Å²) < 4.78 is 11.9. The standard InChI is InChI=1S/C30H22O.C13H10N2O.C7H8.CH3N/c1-19-7-3-14-28(20(19)2)31-23-17-15-21(16-18-23)24-10-6-12-26-25-11-4-8-22-9-5-13-27(29(22)25)30(24)26;14-13(15)9-5-3-7-11-12(9)8-4-1-2-6-10(8)16-11;1-7-5-3-2-4-6-7;1-2/h3-18H,1-2H3;1-7H,(H3,14,15);2-6H,1H3;2H,1H2. The Kier molecular flexibility index (Phi) is 10.9. The van der Waals surface area contributed by atoms with Crippen LogP contribution < -0.4 is 10.5 Å². The number of nitrogens with two attached hydrogens (primary N) is 1. The van der Waals surface area contributed by atoms with E-state index in [0.29, 0.717) is 0 Å². The van der Waals surface area contributed by atoms with Gasteiger partial charge in [-0.3, -0.25) is 5.41 Å². The number of ether oxygens (including phenoxy) is 1. The average molecular weight is 730 g/mol. The number of furan rings is 1. The molecule has 0 amide bonds. The molecule has 8 aromatic carbocycles. The summed E-state index contributed by atoms with van der Waals surface area (Å²) in [6, 6.07) is 58.1. The maximum atomic E-state index is 7.57. The van der Waals surface area contributed by atoms with Crippen molar-refractivity contribution in [1.82, 2.24) is 0 Å². The molecule has 5 heteroatoms. The molecular formula is C51H43N3O2. The first kappa shape index (κ1) is 37.1. The summed E-state index contributed by atoms with van der Waals surface area (Å²) in [7, 11) is 0. The summed E-state index contributed by atoms with van der Waals surface area (Å²) in [5.41, 5.74) is 19.4. The Hall–Kier alpha value is -7.24. The van der Waals surface area contributed by atoms with E-state index in [4.69, 9.17) is 25.7 Å². The number of aryl methyl sites for hydroxylation is 2. The van der Waals surface area contributed by atoms with Crippen LogP contribution in [-0.4, -0.2) is 12.6 Å². The summed E-state index contributed by atoms with van der Waals surface area (Å²) in [6.07, 6.45) is 0. The fourth-order valence-corrected chi connectivity index (χ4v) is 7.28. The van der Waals surface area contributed by atoms with Crippen molar-refractivity contribution in [2.75, 3.05) is 0 Å². The van der Waals surface area contributed by atoms with Crippen molar-refractivity contribution in [2.24, 2.45) is 5.73 Å². The van der Waals surface area contributed by atoms with Crippen LogP contribution in [0.2, 0.25) is 0 Å². The maximum Gasteiger partial charge on any atom is 0.136 e. The smallest absolute Gasteiger partial charge is 0.136 e. The van der Waals surface area contributed by atoms with Crippen molar-refractivity contribution >= 4 is 45.3 Å². The molecule has 1 heterocycles. The fraction of sp³-hybridized carbons (Fsp3) is 0.0588. The third-order valence-corrected chi connectivity index (χ3v) is 10.1. The number of hydrogen-bond acceptors (Lipinski definition) is 4. The second-order valence-electron chi connectivity index (χ2n) is 13.6. The van der Waals surface area contributed by atoms with Gasteiger partial charge in [-0.1, -0.05) is 145 Å². The Morgan fingerprint density at radius 3 is 1.88 bits per heavy atom. The lowest BCUT2D eigenvalue weighted by Gasteiger charge is -2.13. The molecule has 274 valence electrons. The number of rotatable bonds is 4. The number of amidine groups is 1. The van der Waals surface area contributed by atoms with Crippen molar-refractivity contribution in [1.29, 1.82) is 10.8 Å². The van der Waals surface area contributed by atoms with Gasteiger partial charge < -0.3 is 20.3 Å². The second kappa shape index (κ2) is 16.4. The monoisotopic (exact) mass is 729 g/mol. The Balaban J connectivity index is 0.000000159. The van der Waals surface area contributed by atoms with Crippen molar-refractivity contribution < 1.29 is 9.15 Å². The summed E-state index contributed by atoms with van der Waals surface area (Å²) in [5.74, 6) is 1.84. The van der Waals surface area contributed by atoms with E-state index in [2.05, 4.69) is 125 Å². The molecule has 5 nitrogen and oxygen atoms in total. The van der Waals surface area contributed by atoms with Gasteiger partial charge in [0.1, 0.15) is 28.5 Å². The second-order valence-corrected chi connectivity index (χ2v) is 13.6. The minimum absolute atomic E-state index is 0.0668.